The molecule has 0 saturated heterocycles. The van der Waals surface area contributed by atoms with Crippen LogP contribution in [0.15, 0.2) is 64.9 Å². The standard InChI is InChI=1S/C19H18N2O5S2/c1-2-6-18(22)26-17-13-27-19(20-17)21-28(23,24)16-11-9-15(10-12-16)25-14-7-4-3-5-8-14/h3-5,7-13H,2,6H2,1H3,(H,20,21). The number of hydrogen-bond acceptors (Lipinski definition) is 7. The maximum Gasteiger partial charge on any atom is 0.312 e. The minimum absolute atomic E-state index is 0.0626. The Hall–Kier alpha value is -2.91. The molecule has 0 aliphatic heterocycles. The van der Waals surface area contributed by atoms with E-state index in [1.807, 2.05) is 25.1 Å². The highest BCUT2D eigenvalue weighted by atomic mass is 32.2. The highest BCUT2D eigenvalue weighted by Crippen LogP contribution is 2.26. The number of benzene rings is 2. The summed E-state index contributed by atoms with van der Waals surface area (Å²) in [5.74, 6) is 0.845. The minimum atomic E-state index is -3.83. The molecule has 0 aliphatic carbocycles. The topological polar surface area (TPSA) is 94.6 Å². The first-order valence-electron chi connectivity index (χ1n) is 8.48. The van der Waals surface area contributed by atoms with Gasteiger partial charge in [-0.25, -0.2) is 8.42 Å². The molecule has 0 amide bonds. The van der Waals surface area contributed by atoms with Crippen molar-refractivity contribution in [3.63, 3.8) is 0 Å². The van der Waals surface area contributed by atoms with Crippen molar-refractivity contribution in [1.82, 2.24) is 4.98 Å². The lowest BCUT2D eigenvalue weighted by molar-refractivity contribution is -0.134. The minimum Gasteiger partial charge on any atom is -0.457 e. The van der Waals surface area contributed by atoms with E-state index >= 15 is 0 Å². The van der Waals surface area contributed by atoms with Crippen LogP contribution in [-0.4, -0.2) is 19.4 Å². The van der Waals surface area contributed by atoms with E-state index in [-0.39, 0.29) is 22.3 Å². The molecule has 1 aromatic heterocycles. The van der Waals surface area contributed by atoms with Crippen LogP contribution in [0.4, 0.5) is 5.13 Å². The van der Waals surface area contributed by atoms with Crippen molar-refractivity contribution in [3.05, 3.63) is 60.0 Å². The van der Waals surface area contributed by atoms with Crippen molar-refractivity contribution in [2.45, 2.75) is 24.7 Å². The molecule has 0 spiro atoms. The van der Waals surface area contributed by atoms with Crippen LogP contribution >= 0.6 is 11.3 Å². The summed E-state index contributed by atoms with van der Waals surface area (Å²) in [5, 5.41) is 1.59. The van der Waals surface area contributed by atoms with Gasteiger partial charge in [0.15, 0.2) is 5.13 Å². The Balaban J connectivity index is 1.66. The number of rotatable bonds is 8. The van der Waals surface area contributed by atoms with Gasteiger partial charge in [0.25, 0.3) is 10.0 Å². The number of esters is 1. The average Bonchev–Trinajstić information content (AvgIpc) is 3.09. The monoisotopic (exact) mass is 418 g/mol. The Bertz CT molecular complexity index is 1030. The summed E-state index contributed by atoms with van der Waals surface area (Å²) in [6.45, 7) is 1.86. The molecular weight excluding hydrogens is 400 g/mol. The maximum absolute atomic E-state index is 12.5. The van der Waals surface area contributed by atoms with Gasteiger partial charge in [0.05, 0.1) is 10.3 Å². The summed E-state index contributed by atoms with van der Waals surface area (Å²) < 4.78 is 38.1. The van der Waals surface area contributed by atoms with Gasteiger partial charge in [0.2, 0.25) is 5.88 Å². The zero-order valence-corrected chi connectivity index (χ0v) is 16.6. The van der Waals surface area contributed by atoms with Crippen LogP contribution < -0.4 is 14.2 Å². The molecule has 3 rings (SSSR count). The molecule has 0 radical (unpaired) electrons. The van der Waals surface area contributed by atoms with E-state index in [1.54, 1.807) is 24.3 Å². The molecule has 2 aromatic carbocycles. The lowest BCUT2D eigenvalue weighted by Gasteiger charge is -2.08. The molecule has 0 aliphatic rings. The van der Waals surface area contributed by atoms with E-state index in [4.69, 9.17) is 9.47 Å². The van der Waals surface area contributed by atoms with E-state index in [0.29, 0.717) is 17.9 Å². The van der Waals surface area contributed by atoms with Crippen LogP contribution in [0.5, 0.6) is 17.4 Å². The Morgan fingerprint density at radius 1 is 1.07 bits per heavy atom. The molecule has 1 N–H and O–H groups in total. The predicted molar refractivity (Wildman–Crippen MR) is 106 cm³/mol. The van der Waals surface area contributed by atoms with E-state index in [9.17, 15) is 13.2 Å². The van der Waals surface area contributed by atoms with Gasteiger partial charge in [-0.05, 0) is 42.8 Å². The van der Waals surface area contributed by atoms with Crippen LogP contribution in [0.25, 0.3) is 0 Å². The quantitative estimate of drug-likeness (QED) is 0.544. The lowest BCUT2D eigenvalue weighted by atomic mass is 10.3. The van der Waals surface area contributed by atoms with Gasteiger partial charge in [-0.3, -0.25) is 9.52 Å². The number of anilines is 1. The summed E-state index contributed by atoms with van der Waals surface area (Å²) in [4.78, 5) is 15.5. The average molecular weight is 418 g/mol. The highest BCUT2D eigenvalue weighted by molar-refractivity contribution is 7.93. The van der Waals surface area contributed by atoms with Crippen molar-refractivity contribution in [2.24, 2.45) is 0 Å². The van der Waals surface area contributed by atoms with Gasteiger partial charge in [-0.15, -0.1) is 11.3 Å². The summed E-state index contributed by atoms with van der Waals surface area (Å²) in [5.41, 5.74) is 0. The largest absolute Gasteiger partial charge is 0.457 e. The van der Waals surface area contributed by atoms with Crippen LogP contribution in [0.2, 0.25) is 0 Å². The van der Waals surface area contributed by atoms with Crippen LogP contribution in [0.1, 0.15) is 19.8 Å². The van der Waals surface area contributed by atoms with Crippen LogP contribution in [0, 0.1) is 0 Å². The highest BCUT2D eigenvalue weighted by Gasteiger charge is 2.17. The van der Waals surface area contributed by atoms with E-state index in [0.717, 1.165) is 11.3 Å². The van der Waals surface area contributed by atoms with Crippen molar-refractivity contribution < 1.29 is 22.7 Å². The predicted octanol–water partition coefficient (Wildman–Crippen LogP) is 4.44. The lowest BCUT2D eigenvalue weighted by Crippen LogP contribution is -2.13. The number of ether oxygens (including phenoxy) is 2. The normalized spacial score (nSPS) is 11.0. The first kappa shape index (κ1) is 19.8. The fourth-order valence-corrected chi connectivity index (χ4v) is 4.08. The summed E-state index contributed by atoms with van der Waals surface area (Å²) in [7, 11) is -3.83. The van der Waals surface area contributed by atoms with Crippen LogP contribution in [-0.2, 0) is 14.8 Å². The summed E-state index contributed by atoms with van der Waals surface area (Å²) >= 11 is 1.03. The van der Waals surface area contributed by atoms with E-state index in [2.05, 4.69) is 9.71 Å². The van der Waals surface area contributed by atoms with Gasteiger partial charge in [-0.2, -0.15) is 4.98 Å². The van der Waals surface area contributed by atoms with Crippen molar-refractivity contribution in [3.8, 4) is 17.4 Å². The van der Waals surface area contributed by atoms with Crippen molar-refractivity contribution in [2.75, 3.05) is 4.72 Å². The van der Waals surface area contributed by atoms with Gasteiger partial charge < -0.3 is 9.47 Å². The summed E-state index contributed by atoms with van der Waals surface area (Å²) in [6.07, 6.45) is 0.933. The summed E-state index contributed by atoms with van der Waals surface area (Å²) in [6, 6.07) is 15.2. The fourth-order valence-electron chi connectivity index (χ4n) is 2.21. The molecule has 0 fully saturated rings. The number of carbonyl (C=O) groups excluding carboxylic acids is 1. The fraction of sp³-hybridized carbons (Fsp3) is 0.158. The molecule has 0 unspecified atom stereocenters. The van der Waals surface area contributed by atoms with Crippen LogP contribution in [0.3, 0.4) is 0 Å². The first-order valence-corrected chi connectivity index (χ1v) is 10.8. The van der Waals surface area contributed by atoms with Gasteiger partial charge >= 0.3 is 5.97 Å². The van der Waals surface area contributed by atoms with Gasteiger partial charge in [0.1, 0.15) is 11.5 Å². The zero-order chi connectivity index (χ0) is 20.0. The second kappa shape index (κ2) is 8.85. The smallest absolute Gasteiger partial charge is 0.312 e. The Morgan fingerprint density at radius 3 is 2.43 bits per heavy atom. The first-order chi connectivity index (χ1) is 13.5. The third-order valence-electron chi connectivity index (χ3n) is 3.49. The molecule has 0 saturated carbocycles. The zero-order valence-electron chi connectivity index (χ0n) is 15.0. The number of sulfonamides is 1. The Morgan fingerprint density at radius 2 is 1.75 bits per heavy atom. The van der Waals surface area contributed by atoms with Crippen molar-refractivity contribution in [1.29, 1.82) is 0 Å². The van der Waals surface area contributed by atoms with Gasteiger partial charge in [0, 0.05) is 6.42 Å². The number of hydrogen-bond donors (Lipinski definition) is 1. The SMILES string of the molecule is CCCC(=O)Oc1csc(NS(=O)(=O)c2ccc(Oc3ccccc3)cc2)n1. The Labute approximate surface area is 167 Å². The number of nitrogens with zero attached hydrogens (tertiary/aromatic N) is 1. The number of aromatic nitrogens is 1. The molecule has 3 aromatic rings. The van der Waals surface area contributed by atoms with E-state index in [1.165, 1.54) is 17.5 Å². The van der Waals surface area contributed by atoms with Gasteiger partial charge in [-0.1, -0.05) is 25.1 Å². The molecule has 0 bridgehead atoms. The van der Waals surface area contributed by atoms with E-state index < -0.39 is 16.0 Å². The maximum atomic E-state index is 12.5. The second-order valence-corrected chi connectivity index (χ2v) is 8.25. The number of para-hydroxylation sites is 1. The second-order valence-electron chi connectivity index (χ2n) is 5.71. The molecule has 9 heteroatoms. The number of nitrogens with one attached hydrogen (secondary N) is 1. The molecule has 146 valence electrons. The Kier molecular flexibility index (Phi) is 6.27. The third kappa shape index (κ3) is 5.30. The molecule has 1 heterocycles. The third-order valence-corrected chi connectivity index (χ3v) is 5.71. The molecule has 0 atom stereocenters. The molecule has 7 nitrogen and oxygen atoms in total. The molecule has 28 heavy (non-hydrogen) atoms. The number of thiazole rings is 1. The van der Waals surface area contributed by atoms with Crippen molar-refractivity contribution >= 4 is 32.5 Å². The number of carbonyl (C=O) groups is 1. The molecular formula is C19H18N2O5S2.